The molecule has 39 heavy (non-hydrogen) atoms. The van der Waals surface area contributed by atoms with Crippen LogP contribution in [0.25, 0.3) is 28.4 Å². The first-order chi connectivity index (χ1) is 18.6. The minimum Gasteiger partial charge on any atom is -0.433 e. The fourth-order valence-corrected chi connectivity index (χ4v) is 4.01. The lowest BCUT2D eigenvalue weighted by molar-refractivity contribution is -0.211. The summed E-state index contributed by atoms with van der Waals surface area (Å²) < 4.78 is 70.4. The molecule has 0 spiro atoms. The second kappa shape index (κ2) is 10.3. The number of amides is 1. The van der Waals surface area contributed by atoms with Crippen LogP contribution in [0.15, 0.2) is 55.1 Å². The van der Waals surface area contributed by atoms with E-state index in [0.29, 0.717) is 29.1 Å². The number of piperazine rings is 1. The van der Waals surface area contributed by atoms with Gasteiger partial charge >= 0.3 is 12.1 Å². The van der Waals surface area contributed by atoms with E-state index in [1.165, 1.54) is 35.1 Å². The van der Waals surface area contributed by atoms with Crippen LogP contribution in [0.5, 0.6) is 0 Å². The van der Waals surface area contributed by atoms with Crippen molar-refractivity contribution in [1.82, 2.24) is 34.6 Å². The quantitative estimate of drug-likeness (QED) is 0.299. The lowest BCUT2D eigenvalue weighted by atomic mass is 10.1. The number of hydrogen-bond donors (Lipinski definition) is 1. The molecule has 0 radical (unpaired) electrons. The van der Waals surface area contributed by atoms with Gasteiger partial charge in [-0.2, -0.15) is 13.2 Å². The average Bonchev–Trinajstić information content (AvgIpc) is 3.36. The number of alkyl halides is 5. The second-order valence-corrected chi connectivity index (χ2v) is 8.39. The lowest BCUT2D eigenvalue weighted by Gasteiger charge is -2.35. The van der Waals surface area contributed by atoms with Crippen molar-refractivity contribution in [3.8, 4) is 22.8 Å². The number of carbonyl (C=O) groups is 2. The molecule has 1 aliphatic rings. The van der Waals surface area contributed by atoms with Gasteiger partial charge in [-0.25, -0.2) is 33.5 Å². The van der Waals surface area contributed by atoms with Crippen molar-refractivity contribution in [2.45, 2.75) is 18.8 Å². The molecular weight excluding hydrogens is 529 g/mol. The second-order valence-electron chi connectivity index (χ2n) is 8.39. The minimum absolute atomic E-state index is 0.0142. The summed E-state index contributed by atoms with van der Waals surface area (Å²) in [5.74, 6) is -2.86. The molecule has 0 aliphatic carbocycles. The molecule has 15 heteroatoms. The van der Waals surface area contributed by atoms with Gasteiger partial charge in [-0.15, -0.1) is 0 Å². The summed E-state index contributed by atoms with van der Waals surface area (Å²) in [5.41, 5.74) is 1.19. The first-order valence-corrected chi connectivity index (χ1v) is 11.5. The molecule has 1 atom stereocenters. The predicted octanol–water partition coefficient (Wildman–Crippen LogP) is 3.27. The molecule has 1 aromatic carbocycles. The van der Waals surface area contributed by atoms with Crippen molar-refractivity contribution in [2.24, 2.45) is 0 Å². The standard InChI is InChI=1S/C24H18F5N7O3/c25-20(26)16-12-36-17(9-33-18(36)10-32-16)21-31-5-4-15(34-21)13-2-1-3-14(8-13)22(37)35-7-6-30-11-19(35)39-23(38)24(27,28)29/h1-5,8-10,12,19-20,30H,6-7,11H2. The number of ether oxygens (including phenoxy) is 1. The van der Waals surface area contributed by atoms with Crippen LogP contribution in [-0.4, -0.2) is 73.2 Å². The first kappa shape index (κ1) is 26.1. The van der Waals surface area contributed by atoms with Crippen molar-refractivity contribution < 1.29 is 36.3 Å². The zero-order valence-corrected chi connectivity index (χ0v) is 19.8. The molecule has 5 rings (SSSR count). The Labute approximate surface area is 216 Å². The van der Waals surface area contributed by atoms with E-state index < -0.39 is 36.4 Å². The number of fused-ring (bicyclic) bond motifs is 1. The number of esters is 1. The third-order valence-corrected chi connectivity index (χ3v) is 5.86. The largest absolute Gasteiger partial charge is 0.491 e. The van der Waals surface area contributed by atoms with E-state index >= 15 is 0 Å². The Bertz CT molecular complexity index is 1540. The van der Waals surface area contributed by atoms with Gasteiger partial charge in [0.05, 0.1) is 24.6 Å². The highest BCUT2D eigenvalue weighted by molar-refractivity contribution is 5.95. The van der Waals surface area contributed by atoms with Gasteiger partial charge in [-0.1, -0.05) is 12.1 Å². The van der Waals surface area contributed by atoms with Gasteiger partial charge in [0, 0.05) is 36.6 Å². The SMILES string of the molecule is O=C(c1cccc(-c2ccnc(-c3cnc4cnc(C(F)F)cn34)n2)c1)N1CCNCC1OC(=O)C(F)(F)F. The van der Waals surface area contributed by atoms with Crippen molar-refractivity contribution in [2.75, 3.05) is 19.6 Å². The van der Waals surface area contributed by atoms with Crippen LogP contribution >= 0.6 is 0 Å². The number of aromatic nitrogens is 5. The van der Waals surface area contributed by atoms with Crippen molar-refractivity contribution in [3.63, 3.8) is 0 Å². The van der Waals surface area contributed by atoms with Gasteiger partial charge in [0.1, 0.15) is 11.4 Å². The van der Waals surface area contributed by atoms with E-state index in [1.54, 1.807) is 18.2 Å². The van der Waals surface area contributed by atoms with Gasteiger partial charge in [-0.3, -0.25) is 9.20 Å². The molecule has 0 bridgehead atoms. The molecule has 3 aromatic heterocycles. The zero-order chi connectivity index (χ0) is 27.7. The van der Waals surface area contributed by atoms with Crippen LogP contribution in [-0.2, 0) is 9.53 Å². The lowest BCUT2D eigenvalue weighted by Crippen LogP contribution is -2.56. The fourth-order valence-electron chi connectivity index (χ4n) is 4.01. The summed E-state index contributed by atoms with van der Waals surface area (Å²) in [7, 11) is 0. The van der Waals surface area contributed by atoms with Crippen molar-refractivity contribution >= 4 is 17.5 Å². The van der Waals surface area contributed by atoms with Crippen LogP contribution in [0, 0.1) is 0 Å². The molecule has 4 heterocycles. The molecular formula is C24H18F5N7O3. The molecule has 1 amide bonds. The number of halogens is 5. The Morgan fingerprint density at radius 2 is 1.92 bits per heavy atom. The Hall–Kier alpha value is -4.53. The number of benzene rings is 1. The van der Waals surface area contributed by atoms with E-state index in [1.807, 2.05) is 0 Å². The highest BCUT2D eigenvalue weighted by Crippen LogP contribution is 2.25. The predicted molar refractivity (Wildman–Crippen MR) is 124 cm³/mol. The van der Waals surface area contributed by atoms with E-state index in [4.69, 9.17) is 0 Å². The first-order valence-electron chi connectivity index (χ1n) is 11.5. The summed E-state index contributed by atoms with van der Waals surface area (Å²) in [6, 6.07) is 7.77. The van der Waals surface area contributed by atoms with Crippen molar-refractivity contribution in [1.29, 1.82) is 0 Å². The fraction of sp³-hybridized carbons (Fsp3) is 0.250. The molecule has 0 saturated carbocycles. The Morgan fingerprint density at radius 3 is 2.69 bits per heavy atom. The van der Waals surface area contributed by atoms with E-state index in [2.05, 4.69) is 30.0 Å². The highest BCUT2D eigenvalue weighted by atomic mass is 19.4. The van der Waals surface area contributed by atoms with Gasteiger partial charge in [0.25, 0.3) is 12.3 Å². The molecule has 1 unspecified atom stereocenters. The molecule has 202 valence electrons. The molecule has 10 nitrogen and oxygen atoms in total. The third-order valence-electron chi connectivity index (χ3n) is 5.86. The van der Waals surface area contributed by atoms with Gasteiger partial charge < -0.3 is 15.0 Å². The monoisotopic (exact) mass is 547 g/mol. The van der Waals surface area contributed by atoms with Gasteiger partial charge in [-0.05, 0) is 18.2 Å². The maximum Gasteiger partial charge on any atom is 0.491 e. The smallest absolute Gasteiger partial charge is 0.433 e. The zero-order valence-electron chi connectivity index (χ0n) is 19.8. The number of imidazole rings is 1. The van der Waals surface area contributed by atoms with Crippen LogP contribution in [0.2, 0.25) is 0 Å². The van der Waals surface area contributed by atoms with E-state index in [9.17, 15) is 31.5 Å². The van der Waals surface area contributed by atoms with Crippen LogP contribution < -0.4 is 5.32 Å². The Kier molecular flexibility index (Phi) is 6.91. The van der Waals surface area contributed by atoms with E-state index in [-0.39, 0.29) is 24.5 Å². The summed E-state index contributed by atoms with van der Waals surface area (Å²) >= 11 is 0. The summed E-state index contributed by atoms with van der Waals surface area (Å²) in [6.07, 6.45) is -4.22. The maximum absolute atomic E-state index is 13.2. The number of nitrogens with zero attached hydrogens (tertiary/aromatic N) is 6. The highest BCUT2D eigenvalue weighted by Gasteiger charge is 2.44. The molecule has 1 saturated heterocycles. The summed E-state index contributed by atoms with van der Waals surface area (Å²) in [5, 5.41) is 2.80. The molecule has 1 fully saturated rings. The van der Waals surface area contributed by atoms with E-state index in [0.717, 1.165) is 11.1 Å². The number of nitrogens with one attached hydrogen (secondary N) is 1. The van der Waals surface area contributed by atoms with Crippen LogP contribution in [0.1, 0.15) is 22.5 Å². The maximum atomic E-state index is 13.2. The average molecular weight is 547 g/mol. The summed E-state index contributed by atoms with van der Waals surface area (Å²) in [4.78, 5) is 42.2. The minimum atomic E-state index is -5.20. The van der Waals surface area contributed by atoms with Crippen molar-refractivity contribution in [3.05, 3.63) is 66.4 Å². The van der Waals surface area contributed by atoms with Gasteiger partial charge in [0.2, 0.25) is 0 Å². The third kappa shape index (κ3) is 5.38. The number of carbonyl (C=O) groups excluding carboxylic acids is 2. The normalized spacial score (nSPS) is 16.1. The Morgan fingerprint density at radius 1 is 1.10 bits per heavy atom. The number of rotatable bonds is 5. The van der Waals surface area contributed by atoms with Crippen LogP contribution in [0.4, 0.5) is 22.0 Å². The Balaban J connectivity index is 1.43. The molecule has 4 aromatic rings. The van der Waals surface area contributed by atoms with Crippen LogP contribution in [0.3, 0.4) is 0 Å². The topological polar surface area (TPSA) is 115 Å². The number of hydrogen-bond acceptors (Lipinski definition) is 8. The summed E-state index contributed by atoms with van der Waals surface area (Å²) in [6.45, 7) is 0.147. The molecule has 1 N–H and O–H groups in total. The van der Waals surface area contributed by atoms with Gasteiger partial charge in [0.15, 0.2) is 17.7 Å². The molecule has 1 aliphatic heterocycles.